The van der Waals surface area contributed by atoms with Crippen molar-refractivity contribution in [3.05, 3.63) is 21.3 Å². The van der Waals surface area contributed by atoms with E-state index in [1.807, 2.05) is 0 Å². The summed E-state index contributed by atoms with van der Waals surface area (Å²) in [4.78, 5) is 11.3. The molecule has 2 fully saturated rings. The Hall–Kier alpha value is -0.900. The molecule has 3 aliphatic rings. The SMILES string of the molecule is CCCC(C)(C)C1CCC2C3=C(C(C)C)CCC3(C(CO)C[N+](=O)[O-])CCC2C1(C)C. The van der Waals surface area contributed by atoms with Crippen molar-refractivity contribution < 1.29 is 10.0 Å². The average molecular weight is 434 g/mol. The highest BCUT2D eigenvalue weighted by Gasteiger charge is 2.59. The maximum atomic E-state index is 11.5. The lowest BCUT2D eigenvalue weighted by Crippen LogP contribution is -2.53. The normalized spacial score (nSPS) is 33.9. The van der Waals surface area contributed by atoms with Crippen LogP contribution in [0, 0.1) is 55.9 Å². The predicted molar refractivity (Wildman–Crippen MR) is 127 cm³/mol. The van der Waals surface area contributed by atoms with Gasteiger partial charge in [-0.25, -0.2) is 0 Å². The Bertz CT molecular complexity index is 707. The van der Waals surface area contributed by atoms with Crippen LogP contribution in [0.15, 0.2) is 11.1 Å². The molecule has 0 aromatic carbocycles. The highest BCUT2D eigenvalue weighted by molar-refractivity contribution is 5.36. The van der Waals surface area contributed by atoms with Crippen LogP contribution in [0.4, 0.5) is 0 Å². The Morgan fingerprint density at radius 2 is 1.87 bits per heavy atom. The van der Waals surface area contributed by atoms with Crippen molar-refractivity contribution in [1.29, 1.82) is 0 Å². The van der Waals surface area contributed by atoms with Crippen LogP contribution in [-0.2, 0) is 0 Å². The minimum atomic E-state index is -0.243. The monoisotopic (exact) mass is 433 g/mol. The highest BCUT2D eigenvalue weighted by Crippen LogP contribution is 2.67. The van der Waals surface area contributed by atoms with E-state index >= 15 is 0 Å². The van der Waals surface area contributed by atoms with Crippen molar-refractivity contribution in [1.82, 2.24) is 0 Å². The number of hydrogen-bond donors (Lipinski definition) is 1. The third kappa shape index (κ3) is 4.11. The summed E-state index contributed by atoms with van der Waals surface area (Å²) in [6.07, 6.45) is 9.22. The van der Waals surface area contributed by atoms with E-state index in [1.54, 1.807) is 11.1 Å². The molecule has 0 bridgehead atoms. The summed E-state index contributed by atoms with van der Waals surface area (Å²) in [5.41, 5.74) is 3.60. The topological polar surface area (TPSA) is 63.4 Å². The summed E-state index contributed by atoms with van der Waals surface area (Å²) in [6.45, 7) is 16.7. The molecule has 3 rings (SSSR count). The Labute approximate surface area is 190 Å². The van der Waals surface area contributed by atoms with E-state index in [0.717, 1.165) is 25.7 Å². The Morgan fingerprint density at radius 3 is 2.42 bits per heavy atom. The van der Waals surface area contributed by atoms with Gasteiger partial charge in [0.2, 0.25) is 6.54 Å². The van der Waals surface area contributed by atoms with E-state index in [1.165, 1.54) is 25.7 Å². The van der Waals surface area contributed by atoms with Crippen LogP contribution in [-0.4, -0.2) is 23.2 Å². The number of nitro groups is 1. The largest absolute Gasteiger partial charge is 0.396 e. The second-order valence-corrected chi connectivity index (χ2v) is 12.6. The van der Waals surface area contributed by atoms with Gasteiger partial charge < -0.3 is 5.11 Å². The molecule has 0 saturated heterocycles. The lowest BCUT2D eigenvalue weighted by molar-refractivity contribution is -0.492. The van der Waals surface area contributed by atoms with Crippen LogP contribution in [0.1, 0.15) is 99.8 Å². The molecule has 3 aliphatic carbocycles. The molecular formula is C27H47NO3. The summed E-state index contributed by atoms with van der Waals surface area (Å²) in [7, 11) is 0. The van der Waals surface area contributed by atoms with Crippen molar-refractivity contribution in [3.63, 3.8) is 0 Å². The van der Waals surface area contributed by atoms with Crippen LogP contribution in [0.25, 0.3) is 0 Å². The van der Waals surface area contributed by atoms with Crippen molar-refractivity contribution >= 4 is 0 Å². The van der Waals surface area contributed by atoms with Gasteiger partial charge in [-0.1, -0.05) is 66.0 Å². The average Bonchev–Trinajstić information content (AvgIpc) is 3.06. The number of aliphatic hydroxyl groups excluding tert-OH is 1. The molecule has 1 N–H and O–H groups in total. The summed E-state index contributed by atoms with van der Waals surface area (Å²) < 4.78 is 0. The minimum Gasteiger partial charge on any atom is -0.396 e. The molecule has 4 heteroatoms. The third-order valence-electron chi connectivity index (χ3n) is 10.0. The summed E-state index contributed by atoms with van der Waals surface area (Å²) in [5, 5.41) is 21.8. The lowest BCUT2D eigenvalue weighted by atomic mass is 9.44. The van der Waals surface area contributed by atoms with Crippen molar-refractivity contribution in [2.24, 2.45) is 45.8 Å². The van der Waals surface area contributed by atoms with Gasteiger partial charge in [-0.3, -0.25) is 10.1 Å². The number of hydrogen-bond acceptors (Lipinski definition) is 3. The van der Waals surface area contributed by atoms with Gasteiger partial charge in [0.15, 0.2) is 0 Å². The van der Waals surface area contributed by atoms with E-state index < -0.39 is 0 Å². The van der Waals surface area contributed by atoms with E-state index in [0.29, 0.717) is 29.1 Å². The van der Waals surface area contributed by atoms with Crippen molar-refractivity contribution in [3.8, 4) is 0 Å². The van der Waals surface area contributed by atoms with Gasteiger partial charge in [-0.05, 0) is 79.4 Å². The molecule has 0 aromatic rings. The number of nitrogens with zero attached hydrogens (tertiary/aromatic N) is 1. The molecule has 0 amide bonds. The summed E-state index contributed by atoms with van der Waals surface area (Å²) in [6, 6.07) is 0. The first-order chi connectivity index (χ1) is 14.4. The van der Waals surface area contributed by atoms with Gasteiger partial charge in [0.1, 0.15) is 0 Å². The van der Waals surface area contributed by atoms with Crippen LogP contribution in [0.5, 0.6) is 0 Å². The van der Waals surface area contributed by atoms with Crippen LogP contribution < -0.4 is 0 Å². The van der Waals surface area contributed by atoms with Gasteiger partial charge in [-0.15, -0.1) is 0 Å². The molecule has 0 spiro atoms. The lowest BCUT2D eigenvalue weighted by Gasteiger charge is -2.60. The molecule has 4 nitrogen and oxygen atoms in total. The van der Waals surface area contributed by atoms with E-state index in [9.17, 15) is 15.2 Å². The summed E-state index contributed by atoms with van der Waals surface area (Å²) >= 11 is 0. The van der Waals surface area contributed by atoms with E-state index in [2.05, 4.69) is 48.5 Å². The Morgan fingerprint density at radius 1 is 1.19 bits per heavy atom. The predicted octanol–water partition coefficient (Wildman–Crippen LogP) is 6.89. The molecule has 178 valence electrons. The fourth-order valence-electron chi connectivity index (χ4n) is 8.87. The number of allylic oxidation sites excluding steroid dienone is 2. The molecule has 0 radical (unpaired) electrons. The zero-order chi connectivity index (χ0) is 23.2. The van der Waals surface area contributed by atoms with Crippen LogP contribution in [0.2, 0.25) is 0 Å². The second kappa shape index (κ2) is 8.80. The quantitative estimate of drug-likeness (QED) is 0.257. The van der Waals surface area contributed by atoms with E-state index in [-0.39, 0.29) is 34.8 Å². The first-order valence-corrected chi connectivity index (χ1v) is 12.9. The maximum Gasteiger partial charge on any atom is 0.209 e. The molecule has 31 heavy (non-hydrogen) atoms. The van der Waals surface area contributed by atoms with Gasteiger partial charge in [0.05, 0.1) is 12.5 Å². The molecule has 0 heterocycles. The first-order valence-electron chi connectivity index (χ1n) is 12.9. The highest BCUT2D eigenvalue weighted by atomic mass is 16.6. The van der Waals surface area contributed by atoms with Crippen LogP contribution in [0.3, 0.4) is 0 Å². The first kappa shape index (κ1) is 24.7. The molecule has 5 atom stereocenters. The fourth-order valence-corrected chi connectivity index (χ4v) is 8.87. The summed E-state index contributed by atoms with van der Waals surface area (Å²) in [5.74, 6) is 2.14. The standard InChI is InChI=1S/C27H47NO3/c1-8-13-25(4,5)23-10-9-21-22(26(23,6)7)12-15-27(19(17-29)16-28(30)31)14-11-20(18(2)3)24(21)27/h18-19,21-23,29H,8-17H2,1-7H3. The molecule has 0 aromatic heterocycles. The second-order valence-electron chi connectivity index (χ2n) is 12.6. The van der Waals surface area contributed by atoms with Gasteiger partial charge in [-0.2, -0.15) is 0 Å². The number of rotatable bonds is 8. The molecule has 2 saturated carbocycles. The molecule has 0 aliphatic heterocycles. The molecule has 5 unspecified atom stereocenters. The van der Waals surface area contributed by atoms with Crippen molar-refractivity contribution in [2.75, 3.05) is 13.2 Å². The third-order valence-corrected chi connectivity index (χ3v) is 10.0. The minimum absolute atomic E-state index is 0.0667. The van der Waals surface area contributed by atoms with Gasteiger partial charge in [0.25, 0.3) is 0 Å². The zero-order valence-corrected chi connectivity index (χ0v) is 21.2. The van der Waals surface area contributed by atoms with Gasteiger partial charge in [0, 0.05) is 10.3 Å². The van der Waals surface area contributed by atoms with E-state index in [4.69, 9.17) is 0 Å². The Kier molecular flexibility index (Phi) is 7.02. The van der Waals surface area contributed by atoms with Crippen molar-refractivity contribution in [2.45, 2.75) is 99.8 Å². The Balaban J connectivity index is 2.03. The zero-order valence-electron chi connectivity index (χ0n) is 21.2. The molecular weight excluding hydrogens is 386 g/mol. The fraction of sp³-hybridized carbons (Fsp3) is 0.926. The van der Waals surface area contributed by atoms with Crippen LogP contribution >= 0.6 is 0 Å². The number of aliphatic hydroxyl groups is 1. The smallest absolute Gasteiger partial charge is 0.209 e. The van der Waals surface area contributed by atoms with Gasteiger partial charge >= 0.3 is 0 Å². The number of fused-ring (bicyclic) bond motifs is 3. The maximum absolute atomic E-state index is 11.5.